The van der Waals surface area contributed by atoms with Gasteiger partial charge in [0.15, 0.2) is 5.41 Å². The van der Waals surface area contributed by atoms with Gasteiger partial charge in [-0.15, -0.1) is 0 Å². The average molecular weight is 247 g/mol. The molecular formula is C12H13N3O3. The molecule has 6 heteroatoms. The van der Waals surface area contributed by atoms with Crippen molar-refractivity contribution in [2.75, 3.05) is 0 Å². The number of aromatic nitrogens is 1. The number of hydrogen-bond donors (Lipinski definition) is 2. The fourth-order valence-electron chi connectivity index (χ4n) is 2.13. The van der Waals surface area contributed by atoms with Crippen molar-refractivity contribution in [1.82, 2.24) is 15.6 Å². The van der Waals surface area contributed by atoms with Crippen LogP contribution in [0.2, 0.25) is 0 Å². The largest absolute Gasteiger partial charge is 0.328 e. The molecule has 0 bridgehead atoms. The number of urea groups is 1. The van der Waals surface area contributed by atoms with E-state index in [4.69, 9.17) is 0 Å². The number of carbonyl (C=O) groups excluding carboxylic acids is 3. The van der Waals surface area contributed by atoms with Gasteiger partial charge in [-0.3, -0.25) is 25.2 Å². The number of barbiturate groups is 1. The molecule has 1 saturated heterocycles. The highest BCUT2D eigenvalue weighted by Gasteiger charge is 2.51. The van der Waals surface area contributed by atoms with Crippen molar-refractivity contribution in [1.29, 1.82) is 0 Å². The summed E-state index contributed by atoms with van der Waals surface area (Å²) < 4.78 is 0. The number of rotatable bonds is 3. The van der Waals surface area contributed by atoms with E-state index in [-0.39, 0.29) is 0 Å². The summed E-state index contributed by atoms with van der Waals surface area (Å²) >= 11 is 0. The van der Waals surface area contributed by atoms with Crippen LogP contribution in [0.5, 0.6) is 0 Å². The third kappa shape index (κ3) is 1.75. The van der Waals surface area contributed by atoms with Crippen LogP contribution in [0.4, 0.5) is 4.79 Å². The Balaban J connectivity index is 2.53. The molecule has 2 rings (SSSR count). The Morgan fingerprint density at radius 2 is 1.83 bits per heavy atom. The molecule has 94 valence electrons. The highest BCUT2D eigenvalue weighted by atomic mass is 16.2. The monoisotopic (exact) mass is 247 g/mol. The van der Waals surface area contributed by atoms with Gasteiger partial charge < -0.3 is 0 Å². The van der Waals surface area contributed by atoms with Crippen LogP contribution in [-0.2, 0) is 15.0 Å². The van der Waals surface area contributed by atoms with Crippen LogP contribution in [0.25, 0.3) is 0 Å². The Hall–Kier alpha value is -2.24. The highest BCUT2D eigenvalue weighted by molar-refractivity contribution is 6.22. The quantitative estimate of drug-likeness (QED) is 0.761. The lowest BCUT2D eigenvalue weighted by molar-refractivity contribution is -0.139. The van der Waals surface area contributed by atoms with Gasteiger partial charge >= 0.3 is 6.03 Å². The van der Waals surface area contributed by atoms with Crippen LogP contribution < -0.4 is 10.6 Å². The minimum absolute atomic E-state index is 0.301. The first-order valence-corrected chi connectivity index (χ1v) is 5.69. The van der Waals surface area contributed by atoms with Gasteiger partial charge in [-0.05, 0) is 18.6 Å². The Kier molecular flexibility index (Phi) is 3.10. The number of pyridine rings is 1. The third-order valence-corrected chi connectivity index (χ3v) is 2.96. The van der Waals surface area contributed by atoms with Gasteiger partial charge in [0.05, 0.1) is 5.69 Å². The van der Waals surface area contributed by atoms with Gasteiger partial charge in [0.1, 0.15) is 0 Å². The maximum atomic E-state index is 12.1. The standard InChI is InChI=1S/C12H13N3O3/c1-2-6-12(8-5-3-4-7-13-8)9(16)14-11(18)15-10(12)17/h3-5,7H,2,6H2,1H3,(H2,14,15,16,17,18). The zero-order valence-corrected chi connectivity index (χ0v) is 9.90. The Morgan fingerprint density at radius 1 is 1.17 bits per heavy atom. The molecule has 2 heterocycles. The van der Waals surface area contributed by atoms with Crippen molar-refractivity contribution in [2.45, 2.75) is 25.2 Å². The van der Waals surface area contributed by atoms with Gasteiger partial charge in [0, 0.05) is 6.20 Å². The lowest BCUT2D eigenvalue weighted by Gasteiger charge is -2.33. The summed E-state index contributed by atoms with van der Waals surface area (Å²) in [5.41, 5.74) is -1.06. The van der Waals surface area contributed by atoms with E-state index in [2.05, 4.69) is 15.6 Å². The second kappa shape index (κ2) is 4.56. The third-order valence-electron chi connectivity index (χ3n) is 2.96. The predicted molar refractivity (Wildman–Crippen MR) is 62.5 cm³/mol. The van der Waals surface area contributed by atoms with Crippen molar-refractivity contribution in [3.05, 3.63) is 30.1 Å². The maximum absolute atomic E-state index is 12.1. The maximum Gasteiger partial charge on any atom is 0.328 e. The van der Waals surface area contributed by atoms with Gasteiger partial charge in [-0.25, -0.2) is 4.79 Å². The summed E-state index contributed by atoms with van der Waals surface area (Å²) in [6, 6.07) is 4.24. The van der Waals surface area contributed by atoms with Crippen LogP contribution in [0.15, 0.2) is 24.4 Å². The Morgan fingerprint density at radius 3 is 2.33 bits per heavy atom. The summed E-state index contributed by atoms with van der Waals surface area (Å²) in [7, 11) is 0. The predicted octanol–water partition coefficient (Wildman–Crippen LogP) is 0.485. The van der Waals surface area contributed by atoms with Crippen molar-refractivity contribution in [3.8, 4) is 0 Å². The molecule has 6 nitrogen and oxygen atoms in total. The molecule has 0 atom stereocenters. The van der Waals surface area contributed by atoms with E-state index in [0.717, 1.165) is 0 Å². The minimum Gasteiger partial charge on any atom is -0.276 e. The van der Waals surface area contributed by atoms with E-state index in [1.165, 1.54) is 6.20 Å². The van der Waals surface area contributed by atoms with Crippen LogP contribution >= 0.6 is 0 Å². The molecule has 0 aromatic carbocycles. The summed E-state index contributed by atoms with van der Waals surface area (Å²) in [6.07, 6.45) is 2.43. The first kappa shape index (κ1) is 12.2. The molecule has 4 amide bonds. The number of hydrogen-bond acceptors (Lipinski definition) is 4. The molecule has 1 aromatic heterocycles. The summed E-state index contributed by atoms with van der Waals surface area (Å²) in [6.45, 7) is 1.86. The number of nitrogens with zero attached hydrogens (tertiary/aromatic N) is 1. The van der Waals surface area contributed by atoms with E-state index in [0.29, 0.717) is 18.5 Å². The van der Waals surface area contributed by atoms with E-state index >= 15 is 0 Å². The topological polar surface area (TPSA) is 88.2 Å². The van der Waals surface area contributed by atoms with Crippen LogP contribution in [0, 0.1) is 0 Å². The van der Waals surface area contributed by atoms with Crippen molar-refractivity contribution < 1.29 is 14.4 Å². The molecule has 18 heavy (non-hydrogen) atoms. The van der Waals surface area contributed by atoms with E-state index in [1.807, 2.05) is 6.92 Å². The molecule has 0 radical (unpaired) electrons. The Bertz CT molecular complexity index is 479. The van der Waals surface area contributed by atoms with Crippen LogP contribution in [0.3, 0.4) is 0 Å². The van der Waals surface area contributed by atoms with Gasteiger partial charge in [0.2, 0.25) is 11.8 Å². The fraction of sp³-hybridized carbons (Fsp3) is 0.333. The van der Waals surface area contributed by atoms with E-state index < -0.39 is 23.3 Å². The molecule has 1 aromatic rings. The molecule has 0 spiro atoms. The average Bonchev–Trinajstić information content (AvgIpc) is 2.35. The molecule has 1 aliphatic rings. The highest BCUT2D eigenvalue weighted by Crippen LogP contribution is 2.30. The second-order valence-electron chi connectivity index (χ2n) is 4.11. The summed E-state index contributed by atoms with van der Waals surface area (Å²) in [5.74, 6) is -1.23. The first-order chi connectivity index (χ1) is 8.61. The molecule has 0 unspecified atom stereocenters. The summed E-state index contributed by atoms with van der Waals surface area (Å²) in [4.78, 5) is 39.4. The van der Waals surface area contributed by atoms with Gasteiger partial charge in [-0.1, -0.05) is 19.4 Å². The number of imide groups is 2. The molecule has 2 N–H and O–H groups in total. The smallest absolute Gasteiger partial charge is 0.276 e. The number of nitrogens with one attached hydrogen (secondary N) is 2. The van der Waals surface area contributed by atoms with Crippen molar-refractivity contribution >= 4 is 17.8 Å². The fourth-order valence-corrected chi connectivity index (χ4v) is 2.13. The molecule has 0 aliphatic carbocycles. The minimum atomic E-state index is -1.41. The second-order valence-corrected chi connectivity index (χ2v) is 4.11. The molecule has 1 fully saturated rings. The van der Waals surface area contributed by atoms with E-state index in [1.54, 1.807) is 18.2 Å². The molecule has 0 saturated carbocycles. The zero-order valence-electron chi connectivity index (χ0n) is 9.90. The lowest BCUT2D eigenvalue weighted by atomic mass is 9.77. The van der Waals surface area contributed by atoms with Gasteiger partial charge in [0.25, 0.3) is 0 Å². The SMILES string of the molecule is CCCC1(c2ccccn2)C(=O)NC(=O)NC1=O. The Labute approximate surface area is 104 Å². The number of carbonyl (C=O) groups is 3. The zero-order chi connectivity index (χ0) is 13.2. The number of amides is 4. The van der Waals surface area contributed by atoms with Crippen LogP contribution in [-0.4, -0.2) is 22.8 Å². The first-order valence-electron chi connectivity index (χ1n) is 5.69. The van der Waals surface area contributed by atoms with Gasteiger partial charge in [-0.2, -0.15) is 0 Å². The lowest BCUT2D eigenvalue weighted by Crippen LogP contribution is -2.64. The normalized spacial score (nSPS) is 18.2. The van der Waals surface area contributed by atoms with Crippen molar-refractivity contribution in [3.63, 3.8) is 0 Å². The molecular weight excluding hydrogens is 234 g/mol. The van der Waals surface area contributed by atoms with Crippen molar-refractivity contribution in [2.24, 2.45) is 0 Å². The van der Waals surface area contributed by atoms with E-state index in [9.17, 15) is 14.4 Å². The molecule has 1 aliphatic heterocycles. The summed E-state index contributed by atoms with van der Waals surface area (Å²) in [5, 5.41) is 4.27. The van der Waals surface area contributed by atoms with Crippen LogP contribution in [0.1, 0.15) is 25.5 Å².